The largest absolute Gasteiger partial charge is 0.456 e. The highest BCUT2D eigenvalue weighted by molar-refractivity contribution is 5.86. The lowest BCUT2D eigenvalue weighted by Gasteiger charge is -2.35. The number of anilines is 3. The molecule has 0 amide bonds. The zero-order valence-corrected chi connectivity index (χ0v) is 35.6. The van der Waals surface area contributed by atoms with Crippen LogP contribution in [0.4, 0.5) is 17.1 Å². The fourth-order valence-electron chi connectivity index (χ4n) is 9.91. The Hall–Kier alpha value is -7.42. The fourth-order valence-corrected chi connectivity index (χ4v) is 9.91. The molecule has 0 saturated heterocycles. The molecule has 2 heteroatoms. The monoisotopic (exact) mass is 797 g/mol. The van der Waals surface area contributed by atoms with E-state index in [1.807, 2.05) is 0 Å². The minimum Gasteiger partial charge on any atom is -0.456 e. The molecule has 1 aliphatic heterocycles. The number of fused-ring (bicyclic) bond motifs is 5. The number of hydrogen-bond acceptors (Lipinski definition) is 2. The van der Waals surface area contributed by atoms with Crippen LogP contribution in [0.25, 0.3) is 55.6 Å². The fraction of sp³-hybridized carbons (Fsp3) is 0.100. The van der Waals surface area contributed by atoms with Crippen molar-refractivity contribution >= 4 is 17.1 Å². The Bertz CT molecular complexity index is 3100. The molecule has 2 aliphatic rings. The molecule has 62 heavy (non-hydrogen) atoms. The van der Waals surface area contributed by atoms with Gasteiger partial charge in [-0.25, -0.2) is 0 Å². The molecule has 1 heterocycles. The summed E-state index contributed by atoms with van der Waals surface area (Å²) in [6, 6.07) is 77.1. The summed E-state index contributed by atoms with van der Waals surface area (Å²) in [7, 11) is 0. The van der Waals surface area contributed by atoms with Crippen molar-refractivity contribution in [3.63, 3.8) is 0 Å². The summed E-state index contributed by atoms with van der Waals surface area (Å²) < 4.78 is 6.68. The Morgan fingerprint density at radius 1 is 0.306 bits per heavy atom. The minimum atomic E-state index is -0.180. The van der Waals surface area contributed by atoms with E-state index in [9.17, 15) is 0 Å². The first-order valence-corrected chi connectivity index (χ1v) is 21.7. The van der Waals surface area contributed by atoms with Crippen LogP contribution in [-0.4, -0.2) is 0 Å². The third-order valence-corrected chi connectivity index (χ3v) is 13.4. The van der Waals surface area contributed by atoms with Crippen molar-refractivity contribution in [1.29, 1.82) is 0 Å². The SMILES string of the molecule is CC1(C)c2ccccc2-c2ccc(-c3ccc(N(c4ccc(-c5ccc(-c6ccccc6)cc5)cc4)c4ccc(-c5cccc6c5Oc5ccccc5C6(C)C)cc4)cc3)cc21. The Morgan fingerprint density at radius 3 is 1.35 bits per heavy atom. The maximum absolute atomic E-state index is 6.68. The van der Waals surface area contributed by atoms with Gasteiger partial charge in [0.2, 0.25) is 0 Å². The van der Waals surface area contributed by atoms with Gasteiger partial charge in [0, 0.05) is 44.6 Å². The van der Waals surface area contributed by atoms with Gasteiger partial charge >= 0.3 is 0 Å². The smallest absolute Gasteiger partial charge is 0.139 e. The van der Waals surface area contributed by atoms with Gasteiger partial charge in [-0.05, 0) is 110 Å². The van der Waals surface area contributed by atoms with Gasteiger partial charge in [-0.15, -0.1) is 0 Å². The van der Waals surface area contributed by atoms with Gasteiger partial charge in [0.1, 0.15) is 11.5 Å². The van der Waals surface area contributed by atoms with Crippen LogP contribution in [0.1, 0.15) is 49.9 Å². The molecule has 1 aliphatic carbocycles. The zero-order valence-electron chi connectivity index (χ0n) is 35.6. The maximum atomic E-state index is 6.68. The van der Waals surface area contributed by atoms with Gasteiger partial charge in [0.05, 0.1) is 0 Å². The molecule has 0 spiro atoms. The van der Waals surface area contributed by atoms with E-state index in [0.717, 1.165) is 39.7 Å². The van der Waals surface area contributed by atoms with Gasteiger partial charge in [0.15, 0.2) is 0 Å². The average molecular weight is 798 g/mol. The van der Waals surface area contributed by atoms with Crippen molar-refractivity contribution < 1.29 is 4.74 Å². The summed E-state index contributed by atoms with van der Waals surface area (Å²) >= 11 is 0. The van der Waals surface area contributed by atoms with Gasteiger partial charge in [-0.2, -0.15) is 0 Å². The van der Waals surface area contributed by atoms with Crippen molar-refractivity contribution in [3.05, 3.63) is 235 Å². The molecule has 0 aromatic heterocycles. The molecule has 11 rings (SSSR count). The Balaban J connectivity index is 0.948. The average Bonchev–Trinajstić information content (AvgIpc) is 3.55. The molecular weight excluding hydrogens is 751 g/mol. The van der Waals surface area contributed by atoms with Crippen LogP contribution in [0.3, 0.4) is 0 Å². The van der Waals surface area contributed by atoms with E-state index in [-0.39, 0.29) is 10.8 Å². The molecule has 0 radical (unpaired) electrons. The number of ether oxygens (including phenoxy) is 1. The van der Waals surface area contributed by atoms with Gasteiger partial charge < -0.3 is 9.64 Å². The van der Waals surface area contributed by atoms with Crippen molar-refractivity contribution in [3.8, 4) is 67.1 Å². The molecule has 0 bridgehead atoms. The summed E-state index contributed by atoms with van der Waals surface area (Å²) in [6.07, 6.45) is 0. The Labute approximate surface area is 365 Å². The van der Waals surface area contributed by atoms with Crippen molar-refractivity contribution in [2.24, 2.45) is 0 Å². The van der Waals surface area contributed by atoms with Gasteiger partial charge in [-0.3, -0.25) is 0 Å². The van der Waals surface area contributed by atoms with E-state index < -0.39 is 0 Å². The standard InChI is InChI=1S/C60H47NO/c1-59(2)53-17-9-8-15-51(53)52-38-31-46(39-56(52)59)44-27-34-48(35-28-44)61(47-32-25-43(26-33-47)42-23-21-41(22-24-42)40-13-6-5-7-14-40)49-36-29-45(30-37-49)50-16-12-19-55-58(50)62-57-20-11-10-18-54(57)60(55,3)4/h5-39H,1-4H3. The van der Waals surface area contributed by atoms with E-state index in [1.54, 1.807) is 0 Å². The lowest BCUT2D eigenvalue weighted by Crippen LogP contribution is -2.24. The van der Waals surface area contributed by atoms with E-state index >= 15 is 0 Å². The van der Waals surface area contributed by atoms with Crippen LogP contribution in [0.2, 0.25) is 0 Å². The third-order valence-electron chi connectivity index (χ3n) is 13.4. The first-order chi connectivity index (χ1) is 30.2. The normalized spacial score (nSPS) is 13.9. The van der Waals surface area contributed by atoms with Crippen LogP contribution in [0.15, 0.2) is 212 Å². The predicted octanol–water partition coefficient (Wildman–Crippen LogP) is 16.6. The first-order valence-electron chi connectivity index (χ1n) is 21.7. The second-order valence-electron chi connectivity index (χ2n) is 17.8. The summed E-state index contributed by atoms with van der Waals surface area (Å²) in [5, 5.41) is 0. The molecule has 9 aromatic carbocycles. The van der Waals surface area contributed by atoms with E-state index in [2.05, 4.69) is 245 Å². The molecule has 0 atom stereocenters. The second kappa shape index (κ2) is 14.6. The quantitative estimate of drug-likeness (QED) is 0.159. The van der Waals surface area contributed by atoms with E-state index in [4.69, 9.17) is 4.74 Å². The minimum absolute atomic E-state index is 0.0488. The summed E-state index contributed by atoms with van der Waals surface area (Å²) in [5.41, 5.74) is 20.4. The number of benzene rings is 9. The van der Waals surface area contributed by atoms with Crippen molar-refractivity contribution in [2.45, 2.75) is 38.5 Å². The summed E-state index contributed by atoms with van der Waals surface area (Å²) in [6.45, 7) is 9.27. The molecule has 0 unspecified atom stereocenters. The molecule has 0 N–H and O–H groups in total. The summed E-state index contributed by atoms with van der Waals surface area (Å²) in [5.74, 6) is 1.86. The number of rotatable bonds is 7. The number of hydrogen-bond donors (Lipinski definition) is 0. The first kappa shape index (κ1) is 37.6. The van der Waals surface area contributed by atoms with Crippen LogP contribution >= 0.6 is 0 Å². The second-order valence-corrected chi connectivity index (χ2v) is 17.8. The highest BCUT2D eigenvalue weighted by atomic mass is 16.5. The number of para-hydroxylation sites is 2. The Kier molecular flexibility index (Phi) is 8.87. The number of nitrogens with zero attached hydrogens (tertiary/aromatic N) is 1. The van der Waals surface area contributed by atoms with Gasteiger partial charge in [0.25, 0.3) is 0 Å². The highest BCUT2D eigenvalue weighted by Crippen LogP contribution is 2.52. The molecular formula is C60H47NO. The topological polar surface area (TPSA) is 12.5 Å². The van der Waals surface area contributed by atoms with Crippen LogP contribution in [0, 0.1) is 0 Å². The van der Waals surface area contributed by atoms with Crippen molar-refractivity contribution in [1.82, 2.24) is 0 Å². The van der Waals surface area contributed by atoms with Gasteiger partial charge in [-0.1, -0.05) is 191 Å². The third kappa shape index (κ3) is 6.25. The van der Waals surface area contributed by atoms with E-state index in [1.165, 1.54) is 66.8 Å². The summed E-state index contributed by atoms with van der Waals surface area (Å²) in [4.78, 5) is 2.36. The molecule has 0 saturated carbocycles. The van der Waals surface area contributed by atoms with Crippen LogP contribution in [0.5, 0.6) is 11.5 Å². The van der Waals surface area contributed by atoms with Crippen molar-refractivity contribution in [2.75, 3.05) is 4.90 Å². The molecule has 2 nitrogen and oxygen atoms in total. The van der Waals surface area contributed by atoms with Crippen LogP contribution < -0.4 is 9.64 Å². The van der Waals surface area contributed by atoms with Crippen LogP contribution in [-0.2, 0) is 10.8 Å². The molecule has 9 aromatic rings. The molecule has 298 valence electrons. The lowest BCUT2D eigenvalue weighted by molar-refractivity contribution is 0.419. The molecule has 0 fully saturated rings. The predicted molar refractivity (Wildman–Crippen MR) is 259 cm³/mol. The lowest BCUT2D eigenvalue weighted by atomic mass is 9.75. The highest BCUT2D eigenvalue weighted by Gasteiger charge is 2.36. The zero-order chi connectivity index (χ0) is 42.0. The van der Waals surface area contributed by atoms with E-state index in [0.29, 0.717) is 0 Å². The Morgan fingerprint density at radius 2 is 0.726 bits per heavy atom. The maximum Gasteiger partial charge on any atom is 0.139 e.